The first-order valence-electron chi connectivity index (χ1n) is 10.9. The number of nitrogens with zero attached hydrogens (tertiary/aromatic N) is 6. The molecule has 4 heterocycles. The number of aliphatic hydroxyl groups is 1. The molecule has 0 bridgehead atoms. The van der Waals surface area contributed by atoms with Gasteiger partial charge in [-0.1, -0.05) is 0 Å². The molecule has 6 N–H and O–H groups in total. The Balaban J connectivity index is 1.57. The monoisotopic (exact) mass is 477 g/mol. The van der Waals surface area contributed by atoms with Crippen molar-refractivity contribution in [2.45, 2.75) is 13.0 Å². The van der Waals surface area contributed by atoms with Crippen LogP contribution in [0.3, 0.4) is 0 Å². The first kappa shape index (κ1) is 23.8. The molecular formula is C23H27N9O3. The lowest BCUT2D eigenvalue weighted by Gasteiger charge is -2.33. The van der Waals surface area contributed by atoms with E-state index in [1.807, 2.05) is 24.9 Å². The highest BCUT2D eigenvalue weighted by molar-refractivity contribution is 5.87. The molecule has 0 spiro atoms. The molecular weight excluding hydrogens is 450 g/mol. The van der Waals surface area contributed by atoms with Crippen LogP contribution in [0.2, 0.25) is 0 Å². The molecule has 1 aliphatic heterocycles. The predicted octanol–water partition coefficient (Wildman–Crippen LogP) is 1.04. The van der Waals surface area contributed by atoms with E-state index in [9.17, 15) is 5.11 Å². The molecule has 3 aromatic heterocycles. The maximum atomic E-state index is 9.32. The quantitative estimate of drug-likeness (QED) is 0.358. The standard InChI is InChI=1S/C23H27N9O3/c1-14-7-15(9-24)27-10-18(14)35-21-8-17(22-23(30-21)31(2)13-28-22)29-19(25)3-4-20(26)32-5-6-34-16(11-32)12-33/h3-4,7-8,10,13,16,33H,5-6,11-12,25-26H2,1-2H3,(H,29,30)/b19-3+,20-4+/t16-/m0/s1. The van der Waals surface area contributed by atoms with Crippen LogP contribution in [0.5, 0.6) is 11.6 Å². The SMILES string of the molecule is Cc1cc(C#N)ncc1Oc1cc(N/C(N)=C/C=C(\N)N2CCO[C@H](CO)C2)c2ncn(C)c2n1. The van der Waals surface area contributed by atoms with Crippen LogP contribution in [0, 0.1) is 18.3 Å². The fraction of sp³-hybridized carbons (Fsp3) is 0.304. The molecule has 12 heteroatoms. The third-order valence-electron chi connectivity index (χ3n) is 5.46. The van der Waals surface area contributed by atoms with Gasteiger partial charge in [-0.3, -0.25) is 0 Å². The van der Waals surface area contributed by atoms with Gasteiger partial charge in [0.15, 0.2) is 11.4 Å². The number of pyridine rings is 2. The van der Waals surface area contributed by atoms with Crippen molar-refractivity contribution in [3.63, 3.8) is 0 Å². The van der Waals surface area contributed by atoms with E-state index in [2.05, 4.69) is 20.3 Å². The maximum absolute atomic E-state index is 9.32. The van der Waals surface area contributed by atoms with Gasteiger partial charge in [-0.15, -0.1) is 0 Å². The van der Waals surface area contributed by atoms with Crippen LogP contribution in [0.4, 0.5) is 5.69 Å². The van der Waals surface area contributed by atoms with Crippen molar-refractivity contribution in [3.8, 4) is 17.7 Å². The number of aryl methyl sites for hydroxylation is 2. The zero-order valence-corrected chi connectivity index (χ0v) is 19.5. The van der Waals surface area contributed by atoms with E-state index in [0.29, 0.717) is 65.5 Å². The summed E-state index contributed by atoms with van der Waals surface area (Å²) < 4.78 is 13.2. The molecule has 0 aromatic carbocycles. The van der Waals surface area contributed by atoms with E-state index in [4.69, 9.17) is 26.2 Å². The van der Waals surface area contributed by atoms with Crippen LogP contribution in [0.15, 0.2) is 48.5 Å². The number of morpholine rings is 1. The van der Waals surface area contributed by atoms with Crippen molar-refractivity contribution in [3.05, 3.63) is 59.7 Å². The van der Waals surface area contributed by atoms with Gasteiger partial charge < -0.3 is 40.8 Å². The minimum Gasteiger partial charge on any atom is -0.437 e. The van der Waals surface area contributed by atoms with Gasteiger partial charge in [0.2, 0.25) is 5.88 Å². The minimum absolute atomic E-state index is 0.0616. The zero-order valence-electron chi connectivity index (χ0n) is 19.5. The van der Waals surface area contributed by atoms with E-state index in [1.165, 1.54) is 6.20 Å². The van der Waals surface area contributed by atoms with Crippen LogP contribution >= 0.6 is 0 Å². The molecule has 0 saturated carbocycles. The number of anilines is 1. The summed E-state index contributed by atoms with van der Waals surface area (Å²) in [6.07, 6.45) is 6.23. The lowest BCUT2D eigenvalue weighted by atomic mass is 10.2. The number of hydrogen-bond acceptors (Lipinski definition) is 11. The average Bonchev–Trinajstić information content (AvgIpc) is 3.24. The van der Waals surface area contributed by atoms with E-state index >= 15 is 0 Å². The third-order valence-corrected chi connectivity index (χ3v) is 5.46. The molecule has 4 rings (SSSR count). The first-order valence-corrected chi connectivity index (χ1v) is 10.9. The normalized spacial score (nSPS) is 16.9. The number of nitrogens with one attached hydrogen (secondary N) is 1. The molecule has 35 heavy (non-hydrogen) atoms. The van der Waals surface area contributed by atoms with Gasteiger partial charge >= 0.3 is 0 Å². The number of ether oxygens (including phenoxy) is 2. The van der Waals surface area contributed by atoms with Crippen molar-refractivity contribution < 1.29 is 14.6 Å². The highest BCUT2D eigenvalue weighted by atomic mass is 16.5. The number of aliphatic hydroxyl groups excluding tert-OH is 1. The Morgan fingerprint density at radius 2 is 2.20 bits per heavy atom. The summed E-state index contributed by atoms with van der Waals surface area (Å²) in [6, 6.07) is 5.34. The van der Waals surface area contributed by atoms with Gasteiger partial charge in [0.25, 0.3) is 0 Å². The van der Waals surface area contributed by atoms with Crippen molar-refractivity contribution in [2.75, 3.05) is 31.6 Å². The van der Waals surface area contributed by atoms with E-state index in [-0.39, 0.29) is 12.7 Å². The van der Waals surface area contributed by atoms with Gasteiger partial charge in [-0.2, -0.15) is 10.2 Å². The Bertz CT molecular complexity index is 1330. The number of hydrogen-bond donors (Lipinski definition) is 4. The van der Waals surface area contributed by atoms with Gasteiger partial charge in [0.05, 0.1) is 43.4 Å². The fourth-order valence-electron chi connectivity index (χ4n) is 3.59. The maximum Gasteiger partial charge on any atom is 0.223 e. The summed E-state index contributed by atoms with van der Waals surface area (Å²) in [7, 11) is 1.83. The Hall–Kier alpha value is -4.34. The van der Waals surface area contributed by atoms with Crippen molar-refractivity contribution in [1.29, 1.82) is 5.26 Å². The summed E-state index contributed by atoms with van der Waals surface area (Å²) in [5, 5.41) is 21.5. The predicted molar refractivity (Wildman–Crippen MR) is 129 cm³/mol. The minimum atomic E-state index is -0.266. The molecule has 1 atom stereocenters. The number of nitrogens with two attached hydrogens (primary N) is 2. The topological polar surface area (TPSA) is 173 Å². The van der Waals surface area contributed by atoms with Gasteiger partial charge in [0.1, 0.15) is 23.1 Å². The van der Waals surface area contributed by atoms with Crippen molar-refractivity contribution in [1.82, 2.24) is 24.4 Å². The van der Waals surface area contributed by atoms with Gasteiger partial charge in [-0.25, -0.2) is 9.97 Å². The lowest BCUT2D eigenvalue weighted by Crippen LogP contribution is -2.45. The zero-order chi connectivity index (χ0) is 24.9. The number of nitriles is 1. The Morgan fingerprint density at radius 1 is 1.37 bits per heavy atom. The Morgan fingerprint density at radius 3 is 2.94 bits per heavy atom. The number of imidazole rings is 1. The molecule has 1 aliphatic rings. The second-order valence-electron chi connectivity index (χ2n) is 8.04. The highest BCUT2D eigenvalue weighted by Gasteiger charge is 2.20. The fourth-order valence-corrected chi connectivity index (χ4v) is 3.59. The first-order chi connectivity index (χ1) is 16.9. The largest absolute Gasteiger partial charge is 0.437 e. The third kappa shape index (κ3) is 5.43. The average molecular weight is 478 g/mol. The van der Waals surface area contributed by atoms with Crippen molar-refractivity contribution >= 4 is 16.9 Å². The van der Waals surface area contributed by atoms with Crippen LogP contribution in [-0.4, -0.2) is 61.9 Å². The summed E-state index contributed by atoms with van der Waals surface area (Å²) in [5.41, 5.74) is 15.3. The highest BCUT2D eigenvalue weighted by Crippen LogP contribution is 2.30. The van der Waals surface area contributed by atoms with Crippen LogP contribution in [0.1, 0.15) is 11.3 Å². The molecule has 0 amide bonds. The van der Waals surface area contributed by atoms with Crippen LogP contribution in [-0.2, 0) is 11.8 Å². The molecule has 1 saturated heterocycles. The number of fused-ring (bicyclic) bond motifs is 1. The molecule has 0 unspecified atom stereocenters. The number of aromatic nitrogens is 4. The molecule has 0 aliphatic carbocycles. The molecule has 12 nitrogen and oxygen atoms in total. The second kappa shape index (κ2) is 10.3. The molecule has 1 fully saturated rings. The second-order valence-corrected chi connectivity index (χ2v) is 8.04. The van der Waals surface area contributed by atoms with E-state index in [0.717, 1.165) is 5.56 Å². The number of rotatable bonds is 7. The summed E-state index contributed by atoms with van der Waals surface area (Å²) in [5.74, 6) is 1.64. The summed E-state index contributed by atoms with van der Waals surface area (Å²) in [6.45, 7) is 3.39. The Kier molecular flexibility index (Phi) is 7.00. The van der Waals surface area contributed by atoms with Gasteiger partial charge in [-0.05, 0) is 30.7 Å². The van der Waals surface area contributed by atoms with Gasteiger partial charge in [0, 0.05) is 26.2 Å². The van der Waals surface area contributed by atoms with Crippen molar-refractivity contribution in [2.24, 2.45) is 18.5 Å². The summed E-state index contributed by atoms with van der Waals surface area (Å²) >= 11 is 0. The van der Waals surface area contributed by atoms with E-state index < -0.39 is 0 Å². The number of allylic oxidation sites excluding steroid dienone is 2. The van der Waals surface area contributed by atoms with E-state index in [1.54, 1.807) is 35.2 Å². The molecule has 0 radical (unpaired) electrons. The molecule has 182 valence electrons. The Labute approximate surface area is 202 Å². The van der Waals surface area contributed by atoms with Crippen LogP contribution < -0.4 is 21.5 Å². The lowest BCUT2D eigenvalue weighted by molar-refractivity contribution is -0.0434. The molecule has 3 aromatic rings. The summed E-state index contributed by atoms with van der Waals surface area (Å²) in [4.78, 5) is 15.0. The smallest absolute Gasteiger partial charge is 0.223 e. The van der Waals surface area contributed by atoms with Crippen LogP contribution in [0.25, 0.3) is 11.2 Å².